The number of anilines is 1. The summed E-state index contributed by atoms with van der Waals surface area (Å²) in [4.78, 5) is 17.3. The third kappa shape index (κ3) is 3.50. The van der Waals surface area contributed by atoms with Gasteiger partial charge >= 0.3 is 0 Å². The number of aromatic nitrogens is 4. The van der Waals surface area contributed by atoms with Crippen LogP contribution in [0.4, 0.5) is 9.52 Å². The fourth-order valence-electron chi connectivity index (χ4n) is 3.05. The second-order valence-electron chi connectivity index (χ2n) is 6.66. The Bertz CT molecular complexity index is 1200. The van der Waals surface area contributed by atoms with Crippen molar-refractivity contribution in [2.75, 3.05) is 5.32 Å². The van der Waals surface area contributed by atoms with Gasteiger partial charge in [-0.25, -0.2) is 9.37 Å². The highest BCUT2D eigenvalue weighted by Crippen LogP contribution is 2.27. The van der Waals surface area contributed by atoms with E-state index in [4.69, 9.17) is 4.98 Å². The fourth-order valence-corrected chi connectivity index (χ4v) is 3.66. The monoisotopic (exact) mass is 395 g/mol. The molecule has 0 unspecified atom stereocenters. The van der Waals surface area contributed by atoms with E-state index >= 15 is 0 Å². The Morgan fingerprint density at radius 3 is 2.71 bits per heavy atom. The van der Waals surface area contributed by atoms with Crippen molar-refractivity contribution >= 4 is 28.0 Å². The van der Waals surface area contributed by atoms with E-state index in [2.05, 4.69) is 15.5 Å². The number of hydrogen-bond acceptors (Lipinski definition) is 5. The number of fused-ring (bicyclic) bond motifs is 1. The van der Waals surface area contributed by atoms with E-state index in [1.807, 2.05) is 36.6 Å². The maximum atomic E-state index is 13.7. The molecule has 1 amide bonds. The van der Waals surface area contributed by atoms with Gasteiger partial charge in [0.1, 0.15) is 16.5 Å². The Hall–Kier alpha value is -3.13. The first-order chi connectivity index (χ1) is 13.4. The van der Waals surface area contributed by atoms with Crippen molar-refractivity contribution in [2.45, 2.75) is 27.2 Å². The van der Waals surface area contributed by atoms with E-state index in [9.17, 15) is 9.18 Å². The Labute approximate surface area is 165 Å². The van der Waals surface area contributed by atoms with Crippen molar-refractivity contribution < 1.29 is 9.18 Å². The summed E-state index contributed by atoms with van der Waals surface area (Å²) in [6, 6.07) is 8.74. The third-order valence-electron chi connectivity index (χ3n) is 4.40. The molecule has 0 aliphatic carbocycles. The number of amides is 1. The summed E-state index contributed by atoms with van der Waals surface area (Å²) in [5.74, 6) is -0.478. The fraction of sp³-hybridized carbons (Fsp3) is 0.200. The van der Waals surface area contributed by atoms with Crippen molar-refractivity contribution in [1.29, 1.82) is 0 Å². The van der Waals surface area contributed by atoms with Gasteiger partial charge in [-0.05, 0) is 56.2 Å². The molecule has 1 aromatic carbocycles. The van der Waals surface area contributed by atoms with Gasteiger partial charge < -0.3 is 9.72 Å². The van der Waals surface area contributed by atoms with E-state index in [1.165, 1.54) is 17.4 Å². The lowest BCUT2D eigenvalue weighted by Gasteiger charge is -2.07. The molecule has 28 heavy (non-hydrogen) atoms. The van der Waals surface area contributed by atoms with Crippen molar-refractivity contribution in [3.63, 3.8) is 0 Å². The molecule has 0 saturated heterocycles. The number of carbonyl (C=O) groups excluding carboxylic acids is 1. The second kappa shape index (κ2) is 7.12. The van der Waals surface area contributed by atoms with Crippen LogP contribution in [0.25, 0.3) is 16.9 Å². The van der Waals surface area contributed by atoms with Crippen LogP contribution in [0.1, 0.15) is 21.8 Å². The molecule has 0 aliphatic rings. The van der Waals surface area contributed by atoms with Crippen LogP contribution in [-0.4, -0.2) is 25.5 Å². The number of rotatable bonds is 4. The number of halogens is 1. The summed E-state index contributed by atoms with van der Waals surface area (Å²) in [5.41, 5.74) is 4.49. The summed E-state index contributed by atoms with van der Waals surface area (Å²) >= 11 is 1.32. The van der Waals surface area contributed by atoms with Gasteiger partial charge in [0, 0.05) is 11.8 Å². The molecule has 0 fully saturated rings. The molecule has 8 heteroatoms. The first-order valence-electron chi connectivity index (χ1n) is 8.75. The molecule has 142 valence electrons. The minimum Gasteiger partial charge on any atom is -0.303 e. The SMILES string of the molecule is Cc1ccc2nc(-c3ccc(F)c(C)c3)c(CC(=O)Nc3nnc(C)s3)n2c1. The largest absolute Gasteiger partial charge is 0.303 e. The van der Waals surface area contributed by atoms with Crippen LogP contribution in [0.15, 0.2) is 36.5 Å². The van der Waals surface area contributed by atoms with Crippen molar-refractivity contribution in [3.8, 4) is 11.3 Å². The van der Waals surface area contributed by atoms with Gasteiger partial charge in [-0.3, -0.25) is 4.79 Å². The van der Waals surface area contributed by atoms with Crippen LogP contribution in [0.2, 0.25) is 0 Å². The molecular formula is C20H18FN5OS. The number of hydrogen-bond donors (Lipinski definition) is 1. The highest BCUT2D eigenvalue weighted by atomic mass is 32.1. The zero-order chi connectivity index (χ0) is 19.8. The third-order valence-corrected chi connectivity index (χ3v) is 5.15. The summed E-state index contributed by atoms with van der Waals surface area (Å²) in [7, 11) is 0. The van der Waals surface area contributed by atoms with Crippen molar-refractivity contribution in [3.05, 3.63) is 64.2 Å². The maximum Gasteiger partial charge on any atom is 0.232 e. The molecule has 4 rings (SSSR count). The summed E-state index contributed by atoms with van der Waals surface area (Å²) < 4.78 is 15.6. The van der Waals surface area contributed by atoms with Crippen LogP contribution in [0.3, 0.4) is 0 Å². The topological polar surface area (TPSA) is 72.2 Å². The van der Waals surface area contributed by atoms with Crippen LogP contribution in [0, 0.1) is 26.6 Å². The molecule has 0 aliphatic heterocycles. The van der Waals surface area contributed by atoms with Gasteiger partial charge in [0.05, 0.1) is 17.8 Å². The molecule has 0 spiro atoms. The van der Waals surface area contributed by atoms with Crippen LogP contribution >= 0.6 is 11.3 Å². The van der Waals surface area contributed by atoms with Crippen LogP contribution in [0.5, 0.6) is 0 Å². The van der Waals surface area contributed by atoms with E-state index in [0.717, 1.165) is 27.5 Å². The molecule has 0 bridgehead atoms. The Balaban J connectivity index is 1.77. The number of imidazole rings is 1. The predicted molar refractivity (Wildman–Crippen MR) is 107 cm³/mol. The average molecular weight is 395 g/mol. The first kappa shape index (κ1) is 18.2. The summed E-state index contributed by atoms with van der Waals surface area (Å²) in [6.45, 7) is 5.52. The highest BCUT2D eigenvalue weighted by Gasteiger charge is 2.18. The molecular weight excluding hydrogens is 377 g/mol. The number of carbonyl (C=O) groups is 1. The Morgan fingerprint density at radius 2 is 2.00 bits per heavy atom. The predicted octanol–water partition coefficient (Wildman–Crippen LogP) is 4.10. The first-order valence-corrected chi connectivity index (χ1v) is 9.56. The molecule has 1 N–H and O–H groups in total. The van der Waals surface area contributed by atoms with Crippen LogP contribution in [-0.2, 0) is 11.2 Å². The van der Waals surface area contributed by atoms with E-state index in [0.29, 0.717) is 16.4 Å². The lowest BCUT2D eigenvalue weighted by molar-refractivity contribution is -0.115. The van der Waals surface area contributed by atoms with Gasteiger partial charge in [-0.1, -0.05) is 17.4 Å². The Morgan fingerprint density at radius 1 is 1.18 bits per heavy atom. The number of nitrogens with one attached hydrogen (secondary N) is 1. The van der Waals surface area contributed by atoms with Crippen LogP contribution < -0.4 is 5.32 Å². The van der Waals surface area contributed by atoms with Gasteiger partial charge in [0.15, 0.2) is 0 Å². The summed E-state index contributed by atoms with van der Waals surface area (Å²) in [5, 5.41) is 11.9. The number of benzene rings is 1. The second-order valence-corrected chi connectivity index (χ2v) is 7.84. The molecule has 0 radical (unpaired) electrons. The van der Waals surface area contributed by atoms with Gasteiger partial charge in [-0.2, -0.15) is 0 Å². The zero-order valence-electron chi connectivity index (χ0n) is 15.7. The number of nitrogens with zero attached hydrogens (tertiary/aromatic N) is 4. The lowest BCUT2D eigenvalue weighted by atomic mass is 10.1. The molecule has 6 nitrogen and oxygen atoms in total. The highest BCUT2D eigenvalue weighted by molar-refractivity contribution is 7.15. The minimum absolute atomic E-state index is 0.106. The van der Waals surface area contributed by atoms with Gasteiger partial charge in [0.25, 0.3) is 0 Å². The average Bonchev–Trinajstić information content (AvgIpc) is 3.21. The standard InChI is InChI=1S/C20H18FN5OS/c1-11-4-7-17-22-19(14-5-6-15(21)12(2)8-14)16(26(17)10-11)9-18(27)23-20-25-24-13(3)28-20/h4-8,10H,9H2,1-3H3,(H,23,25,27). The quantitative estimate of drug-likeness (QED) is 0.565. The minimum atomic E-state index is -0.269. The summed E-state index contributed by atoms with van der Waals surface area (Å²) in [6.07, 6.45) is 2.05. The van der Waals surface area contributed by atoms with Gasteiger partial charge in [0.2, 0.25) is 11.0 Å². The smallest absolute Gasteiger partial charge is 0.232 e. The molecule has 3 aromatic heterocycles. The molecule has 3 heterocycles. The van der Waals surface area contributed by atoms with E-state index in [-0.39, 0.29) is 18.1 Å². The molecule has 4 aromatic rings. The van der Waals surface area contributed by atoms with E-state index in [1.54, 1.807) is 19.1 Å². The zero-order valence-corrected chi connectivity index (χ0v) is 16.5. The Kier molecular flexibility index (Phi) is 4.64. The lowest BCUT2D eigenvalue weighted by Crippen LogP contribution is -2.16. The maximum absolute atomic E-state index is 13.7. The molecule has 0 saturated carbocycles. The van der Waals surface area contributed by atoms with Crippen molar-refractivity contribution in [2.24, 2.45) is 0 Å². The number of pyridine rings is 1. The molecule has 0 atom stereocenters. The van der Waals surface area contributed by atoms with E-state index < -0.39 is 0 Å². The normalized spacial score (nSPS) is 11.1. The van der Waals surface area contributed by atoms with Gasteiger partial charge in [-0.15, -0.1) is 10.2 Å². The van der Waals surface area contributed by atoms with Crippen molar-refractivity contribution in [1.82, 2.24) is 19.6 Å². The number of aryl methyl sites for hydroxylation is 3.